The van der Waals surface area contributed by atoms with Crippen molar-refractivity contribution in [3.05, 3.63) is 30.3 Å². The van der Waals surface area contributed by atoms with Crippen LogP contribution in [-0.4, -0.2) is 49.7 Å². The highest BCUT2D eigenvalue weighted by Crippen LogP contribution is 2.43. The molecule has 25 heavy (non-hydrogen) atoms. The van der Waals surface area contributed by atoms with Gasteiger partial charge in [0.25, 0.3) is 0 Å². The van der Waals surface area contributed by atoms with Crippen LogP contribution in [0.2, 0.25) is 0 Å². The highest BCUT2D eigenvalue weighted by Gasteiger charge is 2.52. The molecule has 4 rings (SSSR count). The molecule has 0 unspecified atom stereocenters. The number of anilines is 1. The minimum atomic E-state index is -0.203. The quantitative estimate of drug-likeness (QED) is 0.743. The number of carbonyl (C=O) groups excluding carboxylic acids is 1. The van der Waals surface area contributed by atoms with Crippen molar-refractivity contribution in [2.45, 2.75) is 45.6 Å². The molecule has 1 aromatic rings. The first-order chi connectivity index (χ1) is 12.1. The van der Waals surface area contributed by atoms with Crippen LogP contribution in [0.25, 0.3) is 0 Å². The van der Waals surface area contributed by atoms with E-state index in [4.69, 9.17) is 4.74 Å². The van der Waals surface area contributed by atoms with Crippen LogP contribution in [0.4, 0.5) is 5.69 Å². The first-order valence-corrected chi connectivity index (χ1v) is 9.81. The highest BCUT2D eigenvalue weighted by molar-refractivity contribution is 5.78. The minimum Gasteiger partial charge on any atom is -0.462 e. The van der Waals surface area contributed by atoms with Crippen molar-refractivity contribution in [1.82, 2.24) is 4.90 Å². The Morgan fingerprint density at radius 3 is 2.36 bits per heavy atom. The summed E-state index contributed by atoms with van der Waals surface area (Å²) in [7, 11) is 0. The Labute approximate surface area is 151 Å². The van der Waals surface area contributed by atoms with Gasteiger partial charge in [-0.15, -0.1) is 0 Å². The van der Waals surface area contributed by atoms with Gasteiger partial charge in [0.05, 0.1) is 5.41 Å². The van der Waals surface area contributed by atoms with Crippen LogP contribution in [0.5, 0.6) is 0 Å². The van der Waals surface area contributed by atoms with Crippen molar-refractivity contribution in [3.8, 4) is 0 Å². The molecule has 3 fully saturated rings. The summed E-state index contributed by atoms with van der Waals surface area (Å²) in [6.07, 6.45) is 3.85. The van der Waals surface area contributed by atoms with Crippen LogP contribution in [0.3, 0.4) is 0 Å². The number of esters is 1. The fourth-order valence-electron chi connectivity index (χ4n) is 5.00. The molecule has 4 nitrogen and oxygen atoms in total. The molecule has 0 saturated carbocycles. The summed E-state index contributed by atoms with van der Waals surface area (Å²) < 4.78 is 5.67. The lowest BCUT2D eigenvalue weighted by molar-refractivity contribution is -0.149. The van der Waals surface area contributed by atoms with Gasteiger partial charge in [0.15, 0.2) is 0 Å². The maximum Gasteiger partial charge on any atom is 0.312 e. The van der Waals surface area contributed by atoms with E-state index >= 15 is 0 Å². The van der Waals surface area contributed by atoms with Crippen LogP contribution < -0.4 is 4.90 Å². The van der Waals surface area contributed by atoms with E-state index in [1.54, 1.807) is 0 Å². The number of hydrogen-bond donors (Lipinski definition) is 0. The number of carbonyl (C=O) groups is 1. The lowest BCUT2D eigenvalue weighted by Gasteiger charge is -2.61. The zero-order valence-corrected chi connectivity index (χ0v) is 15.5. The lowest BCUT2D eigenvalue weighted by atomic mass is 9.72. The second-order valence-electron chi connectivity index (χ2n) is 8.41. The van der Waals surface area contributed by atoms with Gasteiger partial charge in [-0.3, -0.25) is 4.79 Å². The van der Waals surface area contributed by atoms with Gasteiger partial charge in [-0.25, -0.2) is 0 Å². The van der Waals surface area contributed by atoms with E-state index in [1.165, 1.54) is 31.9 Å². The lowest BCUT2D eigenvalue weighted by Crippen LogP contribution is -2.72. The van der Waals surface area contributed by atoms with Crippen molar-refractivity contribution < 1.29 is 9.53 Å². The first kappa shape index (κ1) is 16.9. The third kappa shape index (κ3) is 2.95. The molecule has 1 atom stereocenters. The number of likely N-dealkylation sites (tertiary alicyclic amines) is 1. The van der Waals surface area contributed by atoms with Crippen LogP contribution in [-0.2, 0) is 9.53 Å². The maximum absolute atomic E-state index is 12.2. The van der Waals surface area contributed by atoms with E-state index in [9.17, 15) is 4.79 Å². The smallest absolute Gasteiger partial charge is 0.312 e. The van der Waals surface area contributed by atoms with E-state index < -0.39 is 0 Å². The van der Waals surface area contributed by atoms with Gasteiger partial charge in [-0.1, -0.05) is 32.0 Å². The number of ether oxygens (including phenoxy) is 1. The summed E-state index contributed by atoms with van der Waals surface area (Å²) in [6, 6.07) is 10.7. The molecule has 0 aromatic heterocycles. The summed E-state index contributed by atoms with van der Waals surface area (Å²) in [5, 5.41) is 0. The Hall–Kier alpha value is -1.55. The van der Waals surface area contributed by atoms with Gasteiger partial charge >= 0.3 is 5.97 Å². The average molecular weight is 342 g/mol. The topological polar surface area (TPSA) is 32.8 Å². The van der Waals surface area contributed by atoms with Gasteiger partial charge in [0.1, 0.15) is 6.10 Å². The Balaban J connectivity index is 1.20. The molecule has 0 N–H and O–H groups in total. The molecule has 3 aliphatic rings. The molecule has 0 bridgehead atoms. The summed E-state index contributed by atoms with van der Waals surface area (Å²) in [5.74, 6) is 0.0417. The molecule has 4 heteroatoms. The first-order valence-electron chi connectivity index (χ1n) is 9.81. The molecule has 0 amide bonds. The standard InChI is InChI=1S/C21H30N2O2/c1-3-21(4-2)12-18(25-19(21)24)10-11-22-13-20(14-22)15-23(16-20)17-8-6-5-7-9-17/h5-9,18H,3-4,10-16H2,1-2H3/t18-/m0/s1. The van der Waals surface area contributed by atoms with Crippen molar-refractivity contribution in [2.24, 2.45) is 10.8 Å². The maximum atomic E-state index is 12.2. The molecular formula is C21H30N2O2. The minimum absolute atomic E-state index is 0.0417. The third-order valence-corrected chi connectivity index (χ3v) is 6.74. The van der Waals surface area contributed by atoms with Gasteiger partial charge in [-0.05, 0) is 31.4 Å². The Bertz CT molecular complexity index is 612. The number of para-hydroxylation sites is 1. The van der Waals surface area contributed by atoms with Gasteiger partial charge in [0, 0.05) is 50.2 Å². The SMILES string of the molecule is CCC1(CC)C[C@H](CCN2CC3(C2)CN(c2ccccc2)C3)OC1=O. The molecule has 136 valence electrons. The van der Waals surface area contributed by atoms with Gasteiger partial charge in [0.2, 0.25) is 0 Å². The Morgan fingerprint density at radius 2 is 1.76 bits per heavy atom. The fraction of sp³-hybridized carbons (Fsp3) is 0.667. The molecular weight excluding hydrogens is 312 g/mol. The fourth-order valence-corrected chi connectivity index (χ4v) is 5.00. The number of rotatable bonds is 6. The van der Waals surface area contributed by atoms with Crippen molar-refractivity contribution in [2.75, 3.05) is 37.6 Å². The summed E-state index contributed by atoms with van der Waals surface area (Å²) in [5.41, 5.74) is 1.66. The van der Waals surface area contributed by atoms with Crippen molar-refractivity contribution in [3.63, 3.8) is 0 Å². The number of benzene rings is 1. The normalized spacial score (nSPS) is 27.0. The predicted octanol–water partition coefficient (Wildman–Crippen LogP) is 3.32. The predicted molar refractivity (Wildman–Crippen MR) is 99.7 cm³/mol. The van der Waals surface area contributed by atoms with Crippen LogP contribution in [0, 0.1) is 10.8 Å². The molecule has 0 radical (unpaired) electrons. The molecule has 3 saturated heterocycles. The highest BCUT2D eigenvalue weighted by atomic mass is 16.6. The van der Waals surface area contributed by atoms with Gasteiger partial charge in [-0.2, -0.15) is 0 Å². The van der Waals surface area contributed by atoms with E-state index in [1.807, 2.05) is 0 Å². The summed E-state index contributed by atoms with van der Waals surface area (Å²) >= 11 is 0. The van der Waals surface area contributed by atoms with E-state index in [-0.39, 0.29) is 17.5 Å². The summed E-state index contributed by atoms with van der Waals surface area (Å²) in [4.78, 5) is 17.2. The number of hydrogen-bond acceptors (Lipinski definition) is 4. The third-order valence-electron chi connectivity index (χ3n) is 6.74. The van der Waals surface area contributed by atoms with Crippen LogP contribution in [0.1, 0.15) is 39.5 Å². The second kappa shape index (κ2) is 6.31. The van der Waals surface area contributed by atoms with Gasteiger partial charge < -0.3 is 14.5 Å². The average Bonchev–Trinajstić information content (AvgIpc) is 2.89. The number of nitrogens with zero attached hydrogens (tertiary/aromatic N) is 2. The Kier molecular flexibility index (Phi) is 4.27. The van der Waals surface area contributed by atoms with Crippen molar-refractivity contribution in [1.29, 1.82) is 0 Å². The summed E-state index contributed by atoms with van der Waals surface area (Å²) in [6.45, 7) is 10.0. The zero-order chi connectivity index (χ0) is 17.5. The zero-order valence-electron chi connectivity index (χ0n) is 15.5. The van der Waals surface area contributed by atoms with E-state index in [0.717, 1.165) is 32.2 Å². The molecule has 3 heterocycles. The largest absolute Gasteiger partial charge is 0.462 e. The second-order valence-corrected chi connectivity index (χ2v) is 8.41. The monoisotopic (exact) mass is 342 g/mol. The van der Waals surface area contributed by atoms with Crippen LogP contribution in [0.15, 0.2) is 30.3 Å². The number of cyclic esters (lactones) is 1. The molecule has 0 aliphatic carbocycles. The molecule has 1 aromatic carbocycles. The van der Waals surface area contributed by atoms with E-state index in [0.29, 0.717) is 5.41 Å². The van der Waals surface area contributed by atoms with Crippen molar-refractivity contribution >= 4 is 11.7 Å². The molecule has 3 aliphatic heterocycles. The molecule has 1 spiro atoms. The van der Waals surface area contributed by atoms with E-state index in [2.05, 4.69) is 54.0 Å². The van der Waals surface area contributed by atoms with Crippen LogP contribution >= 0.6 is 0 Å². The Morgan fingerprint density at radius 1 is 1.08 bits per heavy atom.